The molecule has 0 unspecified atom stereocenters. The molecule has 16 nitrogen and oxygen atoms in total. The van der Waals surface area contributed by atoms with Gasteiger partial charge in [0, 0.05) is 22.6 Å². The fraction of sp³-hybridized carbons (Fsp3) is 0. The van der Waals surface area contributed by atoms with Crippen LogP contribution in [0.2, 0.25) is 0 Å². The molecule has 0 saturated carbocycles. The number of aromatic nitrogens is 8. The minimum absolute atomic E-state index is 0. The van der Waals surface area contributed by atoms with Crippen molar-refractivity contribution < 1.29 is 0 Å². The molecule has 0 saturated heterocycles. The topological polar surface area (TPSA) is 202 Å². The summed E-state index contributed by atoms with van der Waals surface area (Å²) in [5.74, 6) is 1.79. The van der Waals surface area contributed by atoms with E-state index in [-0.39, 0.29) is 23.1 Å². The van der Waals surface area contributed by atoms with Crippen molar-refractivity contribution in [3.05, 3.63) is 23.3 Å². The van der Waals surface area contributed by atoms with E-state index in [0.29, 0.717) is 45.9 Å². The molecule has 0 atom stereocenters. The van der Waals surface area contributed by atoms with E-state index in [1.165, 1.54) is 48.5 Å². The van der Waals surface area contributed by atoms with Crippen molar-refractivity contribution in [2.45, 2.75) is 0 Å². The number of nitrogens with one attached hydrogen (secondary N) is 8. The number of hydrogen-bond donors (Lipinski definition) is 8. The van der Waals surface area contributed by atoms with Gasteiger partial charge in [0.25, 0.3) is 0 Å². The Kier molecular flexibility index (Phi) is 4.71. The van der Waals surface area contributed by atoms with E-state index in [0.717, 1.165) is 45.5 Å². The second-order valence-electron chi connectivity index (χ2n) is 7.71. The SMILES string of the molecule is [Mg+2].n1c2nc3[n-]c(nc4nc(nc5[n-]c(nc1C1=C2NSN1)c1c5NSN1)C1=C4NSN1)c1c3NSN1. The fourth-order valence-corrected chi connectivity index (χ4v) is 6.64. The van der Waals surface area contributed by atoms with E-state index in [1.54, 1.807) is 0 Å². The minimum Gasteiger partial charge on any atom is -0.354 e. The number of hydrogen-bond acceptors (Lipinski definition) is 18. The van der Waals surface area contributed by atoms with Gasteiger partial charge >= 0.3 is 23.1 Å². The van der Waals surface area contributed by atoms with Crippen molar-refractivity contribution in [3.63, 3.8) is 0 Å². The van der Waals surface area contributed by atoms with Crippen LogP contribution in [-0.4, -0.2) is 53.0 Å². The smallest absolute Gasteiger partial charge is 0.354 e. The largest absolute Gasteiger partial charge is 2.00 e. The van der Waals surface area contributed by atoms with Crippen molar-refractivity contribution in [1.82, 2.24) is 58.8 Å². The van der Waals surface area contributed by atoms with Crippen LogP contribution in [0.3, 0.4) is 0 Å². The fourth-order valence-electron chi connectivity index (χ4n) is 4.08. The minimum atomic E-state index is 0. The van der Waals surface area contributed by atoms with Gasteiger partial charge in [-0.3, -0.25) is 0 Å². The molecule has 6 aliphatic heterocycles. The molecule has 9 heterocycles. The van der Waals surface area contributed by atoms with Gasteiger partial charge in [-0.1, -0.05) is 0 Å². The molecular weight excluding hydrogens is 569 g/mol. The third-order valence-corrected chi connectivity index (χ3v) is 8.16. The van der Waals surface area contributed by atoms with Crippen molar-refractivity contribution in [2.75, 3.05) is 18.9 Å². The number of fused-ring (bicyclic) bond motifs is 18. The molecule has 21 heteroatoms. The summed E-state index contributed by atoms with van der Waals surface area (Å²) in [4.78, 5) is 37.8. The van der Waals surface area contributed by atoms with Crippen molar-refractivity contribution in [1.29, 1.82) is 0 Å². The summed E-state index contributed by atoms with van der Waals surface area (Å²) in [6, 6.07) is 0. The average Bonchev–Trinajstić information content (AvgIpc) is 3.67. The van der Waals surface area contributed by atoms with Crippen LogP contribution >= 0.6 is 48.5 Å². The predicted octanol–water partition coefficient (Wildman–Crippen LogP) is 0.737. The molecule has 3 aromatic heterocycles. The van der Waals surface area contributed by atoms with Gasteiger partial charge < -0.3 is 67.7 Å². The zero-order valence-electron chi connectivity index (χ0n) is 17.9. The molecule has 9 rings (SSSR count). The van der Waals surface area contributed by atoms with Crippen LogP contribution in [0.15, 0.2) is 0 Å². The Morgan fingerprint density at radius 2 is 0.649 bits per heavy atom. The number of anilines is 4. The molecule has 8 N–H and O–H groups in total. The van der Waals surface area contributed by atoms with Gasteiger partial charge in [-0.15, -0.1) is 0 Å². The summed E-state index contributed by atoms with van der Waals surface area (Å²) in [6.07, 6.45) is 0. The van der Waals surface area contributed by atoms with Gasteiger partial charge in [-0.2, -0.15) is 0 Å². The van der Waals surface area contributed by atoms with Gasteiger partial charge in [0.1, 0.15) is 46.1 Å². The van der Waals surface area contributed by atoms with Crippen molar-refractivity contribution >= 4 is 140 Å². The van der Waals surface area contributed by atoms with E-state index < -0.39 is 0 Å². The van der Waals surface area contributed by atoms with Gasteiger partial charge in [0.05, 0.1) is 71.3 Å². The Morgan fingerprint density at radius 1 is 0.378 bits per heavy atom. The molecule has 37 heavy (non-hydrogen) atoms. The van der Waals surface area contributed by atoms with Crippen LogP contribution in [0.25, 0.3) is 45.4 Å². The van der Waals surface area contributed by atoms with E-state index in [9.17, 15) is 0 Å². The summed E-state index contributed by atoms with van der Waals surface area (Å²) in [5.41, 5.74) is 7.55. The Morgan fingerprint density at radius 3 is 0.946 bits per heavy atom. The summed E-state index contributed by atoms with van der Waals surface area (Å²) in [6.45, 7) is 0. The van der Waals surface area contributed by atoms with Crippen molar-refractivity contribution in [2.24, 2.45) is 0 Å². The Balaban J connectivity index is 0.00000215. The van der Waals surface area contributed by atoms with Crippen LogP contribution in [0.5, 0.6) is 0 Å². The zero-order valence-corrected chi connectivity index (χ0v) is 22.6. The predicted molar refractivity (Wildman–Crippen MR) is 147 cm³/mol. The number of rotatable bonds is 0. The first-order valence-electron chi connectivity index (χ1n) is 10.2. The van der Waals surface area contributed by atoms with E-state index in [2.05, 4.69) is 57.7 Å². The third kappa shape index (κ3) is 3.08. The van der Waals surface area contributed by atoms with Crippen molar-refractivity contribution in [3.8, 4) is 0 Å². The number of nitrogens with zero attached hydrogens (tertiary/aromatic N) is 8. The maximum Gasteiger partial charge on any atom is 2.00 e. The first-order chi connectivity index (χ1) is 17.8. The standard InChI is InChI=1S/C16H8N16S4.Mg/c17-9-1-2(26-33-25-1)10(17)22-12-5-6(30-35-29-5)14(19-12)24-16-8-7(31-36-32-8)15(20-16)23-13-4-3(27-34-28-4)11(18-13)21-9;/h25-32H;/q-2;+2. The van der Waals surface area contributed by atoms with Gasteiger partial charge in [-0.05, 0) is 0 Å². The van der Waals surface area contributed by atoms with Gasteiger partial charge in [-0.25, -0.2) is 9.97 Å². The monoisotopic (exact) mass is 576 g/mol. The van der Waals surface area contributed by atoms with E-state index >= 15 is 0 Å². The second-order valence-corrected chi connectivity index (χ2v) is 10.2. The molecule has 0 amide bonds. The molecule has 0 aliphatic carbocycles. The van der Waals surface area contributed by atoms with Crippen LogP contribution in [0.1, 0.15) is 23.3 Å². The van der Waals surface area contributed by atoms with E-state index in [4.69, 9.17) is 19.9 Å². The first kappa shape index (κ1) is 21.9. The van der Waals surface area contributed by atoms with Gasteiger partial charge in [0.2, 0.25) is 0 Å². The first-order valence-corrected chi connectivity index (χ1v) is 13.5. The molecule has 8 bridgehead atoms. The quantitative estimate of drug-likeness (QED) is 0.137. The average molecular weight is 577 g/mol. The maximum absolute atomic E-state index is 4.76. The van der Waals surface area contributed by atoms with Crippen LogP contribution in [0.4, 0.5) is 22.7 Å². The van der Waals surface area contributed by atoms with Crippen LogP contribution < -0.4 is 47.7 Å². The molecule has 3 aromatic rings. The molecule has 0 spiro atoms. The molecule has 0 fully saturated rings. The molecule has 0 aromatic carbocycles. The van der Waals surface area contributed by atoms with E-state index in [1.807, 2.05) is 0 Å². The molecule has 0 radical (unpaired) electrons. The van der Waals surface area contributed by atoms with Crippen LogP contribution in [-0.2, 0) is 0 Å². The van der Waals surface area contributed by atoms with Gasteiger partial charge in [0.15, 0.2) is 0 Å². The Hall–Kier alpha value is -3.11. The summed E-state index contributed by atoms with van der Waals surface area (Å²) in [7, 11) is 0. The zero-order chi connectivity index (χ0) is 23.4. The Labute approximate surface area is 239 Å². The molecular formula is C16H8MgN16S4. The molecule has 178 valence electrons. The molecule has 6 aliphatic rings. The Bertz CT molecular complexity index is 1540. The van der Waals surface area contributed by atoms with Crippen LogP contribution in [0, 0.1) is 0 Å². The third-order valence-electron chi connectivity index (χ3n) is 5.71. The summed E-state index contributed by atoms with van der Waals surface area (Å²) >= 11 is 5.27. The second kappa shape index (κ2) is 7.94. The summed E-state index contributed by atoms with van der Waals surface area (Å²) in [5, 5.41) is 0. The normalized spacial score (nSPS) is 17.5. The summed E-state index contributed by atoms with van der Waals surface area (Å²) < 4.78 is 25.6. The maximum atomic E-state index is 4.76.